The van der Waals surface area contributed by atoms with E-state index in [4.69, 9.17) is 10.5 Å². The number of nitrogens with two attached hydrogens (primary N) is 1. The third-order valence-corrected chi connectivity index (χ3v) is 6.85. The Morgan fingerprint density at radius 3 is 2.39 bits per heavy atom. The van der Waals surface area contributed by atoms with Crippen LogP contribution in [0.4, 0.5) is 9.80 Å². The zero-order valence-electron chi connectivity index (χ0n) is 16.1. The Morgan fingerprint density at radius 1 is 1.04 bits per heavy atom. The van der Waals surface area contributed by atoms with Crippen LogP contribution in [0.3, 0.4) is 0 Å². The van der Waals surface area contributed by atoms with Gasteiger partial charge in [0.15, 0.2) is 0 Å². The maximum absolute atomic E-state index is 13.1. The standard InChI is InChI=1S/C20H26N4O3S/c1-27-20(26)24-8-6-14(7-9-24)22-10-12-23(13-11-22)19(25)17-15-4-2-3-5-16(15)28-18(17)21/h2-5,14H,6-13,21H2,1H3. The number of fused-ring (bicyclic) bond motifs is 1. The van der Waals surface area contributed by atoms with Crippen LogP contribution in [0.2, 0.25) is 0 Å². The van der Waals surface area contributed by atoms with Gasteiger partial charge < -0.3 is 20.3 Å². The summed E-state index contributed by atoms with van der Waals surface area (Å²) >= 11 is 1.48. The number of nitrogens with zero attached hydrogens (tertiary/aromatic N) is 3. The van der Waals surface area contributed by atoms with Crippen LogP contribution in [0.1, 0.15) is 23.2 Å². The van der Waals surface area contributed by atoms with Crippen LogP contribution < -0.4 is 5.73 Å². The van der Waals surface area contributed by atoms with Gasteiger partial charge in [0.25, 0.3) is 5.91 Å². The topological polar surface area (TPSA) is 79.1 Å². The van der Waals surface area contributed by atoms with E-state index < -0.39 is 0 Å². The predicted octanol–water partition coefficient (Wildman–Crippen LogP) is 2.47. The highest BCUT2D eigenvalue weighted by molar-refractivity contribution is 7.23. The molecule has 8 heteroatoms. The third kappa shape index (κ3) is 3.54. The van der Waals surface area contributed by atoms with Crippen molar-refractivity contribution in [1.82, 2.24) is 14.7 Å². The molecule has 0 radical (unpaired) electrons. The molecule has 1 aromatic carbocycles. The van der Waals surface area contributed by atoms with Crippen molar-refractivity contribution >= 4 is 38.4 Å². The van der Waals surface area contributed by atoms with E-state index in [0.29, 0.717) is 29.7 Å². The monoisotopic (exact) mass is 402 g/mol. The van der Waals surface area contributed by atoms with Gasteiger partial charge in [0, 0.05) is 55.4 Å². The van der Waals surface area contributed by atoms with Gasteiger partial charge in [0.2, 0.25) is 0 Å². The zero-order chi connectivity index (χ0) is 19.7. The first-order valence-electron chi connectivity index (χ1n) is 9.71. The van der Waals surface area contributed by atoms with Gasteiger partial charge in [0.1, 0.15) is 0 Å². The summed E-state index contributed by atoms with van der Waals surface area (Å²) < 4.78 is 5.86. The van der Waals surface area contributed by atoms with E-state index in [-0.39, 0.29) is 12.0 Å². The van der Waals surface area contributed by atoms with E-state index in [0.717, 1.165) is 49.1 Å². The number of piperazine rings is 1. The number of hydrogen-bond donors (Lipinski definition) is 1. The van der Waals surface area contributed by atoms with Crippen LogP contribution in [0.15, 0.2) is 24.3 Å². The zero-order valence-corrected chi connectivity index (χ0v) is 16.9. The normalized spacial score (nSPS) is 19.2. The van der Waals surface area contributed by atoms with Crippen LogP contribution in [-0.2, 0) is 4.74 Å². The van der Waals surface area contributed by atoms with E-state index in [1.165, 1.54) is 18.4 Å². The fraction of sp³-hybridized carbons (Fsp3) is 0.500. The maximum atomic E-state index is 13.1. The van der Waals surface area contributed by atoms with Crippen molar-refractivity contribution in [3.05, 3.63) is 29.8 Å². The molecule has 2 N–H and O–H groups in total. The fourth-order valence-electron chi connectivity index (χ4n) is 4.28. The van der Waals surface area contributed by atoms with Crippen LogP contribution in [0, 0.1) is 0 Å². The molecular formula is C20H26N4O3S. The molecular weight excluding hydrogens is 376 g/mol. The Bertz CT molecular complexity index is 867. The van der Waals surface area contributed by atoms with E-state index >= 15 is 0 Å². The molecule has 150 valence electrons. The smallest absolute Gasteiger partial charge is 0.409 e. The lowest BCUT2D eigenvalue weighted by Gasteiger charge is -2.42. The van der Waals surface area contributed by atoms with Crippen LogP contribution >= 0.6 is 11.3 Å². The molecule has 2 aliphatic heterocycles. The minimum Gasteiger partial charge on any atom is -0.453 e. The molecule has 2 amide bonds. The Morgan fingerprint density at radius 2 is 1.71 bits per heavy atom. The summed E-state index contributed by atoms with van der Waals surface area (Å²) in [6.45, 7) is 4.59. The summed E-state index contributed by atoms with van der Waals surface area (Å²) in [5.74, 6) is 0.0371. The Balaban J connectivity index is 1.36. The summed E-state index contributed by atoms with van der Waals surface area (Å²) in [5, 5.41) is 1.55. The molecule has 0 saturated carbocycles. The van der Waals surface area contributed by atoms with Gasteiger partial charge in [-0.1, -0.05) is 18.2 Å². The highest BCUT2D eigenvalue weighted by Crippen LogP contribution is 2.34. The first-order valence-corrected chi connectivity index (χ1v) is 10.5. The van der Waals surface area contributed by atoms with Gasteiger partial charge in [-0.25, -0.2) is 4.79 Å². The van der Waals surface area contributed by atoms with Gasteiger partial charge in [0.05, 0.1) is 17.7 Å². The van der Waals surface area contributed by atoms with Crippen LogP contribution in [0.5, 0.6) is 0 Å². The SMILES string of the molecule is COC(=O)N1CCC(N2CCN(C(=O)c3c(N)sc4ccccc34)CC2)CC1. The number of benzene rings is 1. The Labute approximate surface area is 168 Å². The highest BCUT2D eigenvalue weighted by atomic mass is 32.1. The van der Waals surface area contributed by atoms with Crippen LogP contribution in [-0.4, -0.2) is 79.1 Å². The number of carbonyl (C=O) groups excluding carboxylic acids is 2. The number of anilines is 1. The van der Waals surface area contributed by atoms with Crippen molar-refractivity contribution in [2.75, 3.05) is 52.1 Å². The van der Waals surface area contributed by atoms with Gasteiger partial charge in [-0.15, -0.1) is 11.3 Å². The number of methoxy groups -OCH3 is 1. The van der Waals surface area contributed by atoms with Crippen LogP contribution in [0.25, 0.3) is 10.1 Å². The van der Waals surface area contributed by atoms with Gasteiger partial charge >= 0.3 is 6.09 Å². The number of thiophene rings is 1. The number of rotatable bonds is 2. The molecule has 0 aliphatic carbocycles. The maximum Gasteiger partial charge on any atom is 0.409 e. The summed E-state index contributed by atoms with van der Waals surface area (Å²) in [6.07, 6.45) is 1.66. The number of likely N-dealkylation sites (tertiary alicyclic amines) is 1. The van der Waals surface area contributed by atoms with Crippen molar-refractivity contribution in [1.29, 1.82) is 0 Å². The summed E-state index contributed by atoms with van der Waals surface area (Å²) in [4.78, 5) is 30.9. The lowest BCUT2D eigenvalue weighted by atomic mass is 10.0. The number of carbonyl (C=O) groups is 2. The quantitative estimate of drug-likeness (QED) is 0.835. The van der Waals surface area contributed by atoms with E-state index in [9.17, 15) is 9.59 Å². The summed E-state index contributed by atoms with van der Waals surface area (Å²) in [6, 6.07) is 8.36. The van der Waals surface area contributed by atoms with Crippen molar-refractivity contribution < 1.29 is 14.3 Å². The average Bonchev–Trinajstić information content (AvgIpc) is 3.08. The minimum atomic E-state index is -0.241. The Kier molecular flexibility index (Phi) is 5.41. The second-order valence-electron chi connectivity index (χ2n) is 7.35. The molecule has 0 spiro atoms. The van der Waals surface area contributed by atoms with E-state index in [2.05, 4.69) is 4.90 Å². The van der Waals surface area contributed by atoms with Gasteiger partial charge in [-0.2, -0.15) is 0 Å². The summed E-state index contributed by atoms with van der Waals surface area (Å²) in [5.41, 5.74) is 6.83. The first-order chi connectivity index (χ1) is 13.6. The number of nitrogen functional groups attached to an aromatic ring is 1. The molecule has 2 aromatic rings. The van der Waals surface area contributed by atoms with Crippen molar-refractivity contribution in [2.45, 2.75) is 18.9 Å². The van der Waals surface area contributed by atoms with E-state index in [1.54, 1.807) is 4.90 Å². The van der Waals surface area contributed by atoms with Gasteiger partial charge in [-0.05, 0) is 18.9 Å². The number of hydrogen-bond acceptors (Lipinski definition) is 6. The molecule has 7 nitrogen and oxygen atoms in total. The molecule has 3 heterocycles. The fourth-order valence-corrected chi connectivity index (χ4v) is 5.24. The minimum absolute atomic E-state index is 0.0371. The Hall–Kier alpha value is -2.32. The molecule has 0 atom stereocenters. The molecule has 1 aromatic heterocycles. The molecule has 4 rings (SSSR count). The third-order valence-electron chi connectivity index (χ3n) is 5.85. The van der Waals surface area contributed by atoms with Crippen molar-refractivity contribution in [3.8, 4) is 0 Å². The average molecular weight is 403 g/mol. The largest absolute Gasteiger partial charge is 0.453 e. The lowest BCUT2D eigenvalue weighted by molar-refractivity contribution is 0.0437. The number of amides is 2. The number of piperidine rings is 1. The first kappa shape index (κ1) is 19.0. The molecule has 2 aliphatic rings. The predicted molar refractivity (Wildman–Crippen MR) is 111 cm³/mol. The molecule has 2 saturated heterocycles. The molecule has 0 bridgehead atoms. The molecule has 28 heavy (non-hydrogen) atoms. The highest BCUT2D eigenvalue weighted by Gasteiger charge is 2.31. The second-order valence-corrected chi connectivity index (χ2v) is 8.44. The second kappa shape index (κ2) is 7.97. The number of ether oxygens (including phenoxy) is 1. The van der Waals surface area contributed by atoms with E-state index in [1.807, 2.05) is 29.2 Å². The van der Waals surface area contributed by atoms with Crippen molar-refractivity contribution in [2.24, 2.45) is 0 Å². The lowest BCUT2D eigenvalue weighted by Crippen LogP contribution is -2.54. The molecule has 2 fully saturated rings. The van der Waals surface area contributed by atoms with Gasteiger partial charge in [-0.3, -0.25) is 9.69 Å². The molecule has 0 unspecified atom stereocenters. The van der Waals surface area contributed by atoms with Crippen molar-refractivity contribution in [3.63, 3.8) is 0 Å². The summed E-state index contributed by atoms with van der Waals surface area (Å²) in [7, 11) is 1.42.